The number of H-pyrrole nitrogens is 1. The van der Waals surface area contributed by atoms with E-state index in [2.05, 4.69) is 39.9 Å². The molecule has 5 aliphatic rings. The Labute approximate surface area is 309 Å². The number of imidazole rings is 1. The predicted molar refractivity (Wildman–Crippen MR) is 198 cm³/mol. The average Bonchev–Trinajstić information content (AvgIpc) is 3.68. The van der Waals surface area contributed by atoms with Crippen LogP contribution in [-0.2, 0) is 26.8 Å². The third kappa shape index (κ3) is 5.80. The molecule has 3 amide bonds. The maximum Gasteiger partial charge on any atom is 0.270 e. The molecule has 4 aliphatic carbocycles. The number of nitrogens with zero attached hydrogens (tertiary/aromatic N) is 3. The highest BCUT2D eigenvalue weighted by molar-refractivity contribution is 6.31. The summed E-state index contributed by atoms with van der Waals surface area (Å²) in [4.78, 5) is 50.5. The Morgan fingerprint density at radius 3 is 2.50 bits per heavy atom. The molecule has 52 heavy (non-hydrogen) atoms. The smallest absolute Gasteiger partial charge is 0.270 e. The molecule has 4 aromatic rings. The Morgan fingerprint density at radius 2 is 1.87 bits per heavy atom. The van der Waals surface area contributed by atoms with Crippen LogP contribution in [0.2, 0.25) is 5.02 Å². The summed E-state index contributed by atoms with van der Waals surface area (Å²) in [6.45, 7) is 7.56. The van der Waals surface area contributed by atoms with Gasteiger partial charge in [-0.2, -0.15) is 5.10 Å². The molecule has 0 spiro atoms. The Balaban J connectivity index is 1.15. The second-order valence-electron chi connectivity index (χ2n) is 16.2. The van der Waals surface area contributed by atoms with Crippen LogP contribution in [0, 0.1) is 22.7 Å². The van der Waals surface area contributed by atoms with Gasteiger partial charge < -0.3 is 25.7 Å². The molecule has 2 aromatic heterocycles. The van der Waals surface area contributed by atoms with E-state index < -0.39 is 17.5 Å². The number of likely N-dealkylation sites (N-methyl/N-ethyl adjacent to an activating group) is 1. The highest BCUT2D eigenvalue weighted by Crippen LogP contribution is 2.63. The van der Waals surface area contributed by atoms with Crippen molar-refractivity contribution in [3.05, 3.63) is 82.4 Å². The molecule has 3 heterocycles. The fourth-order valence-corrected chi connectivity index (χ4v) is 9.90. The Hall–Kier alpha value is -4.22. The third-order valence-electron chi connectivity index (χ3n) is 12.9. The first-order chi connectivity index (χ1) is 25.0. The number of carbonyl (C=O) groups excluding carboxylic acids is 3. The number of aromatic nitrogens is 4. The summed E-state index contributed by atoms with van der Waals surface area (Å²) in [6, 6.07) is 14.3. The summed E-state index contributed by atoms with van der Waals surface area (Å²) < 4.78 is 7.48. The maximum absolute atomic E-state index is 14.5. The standard InChI is InChI=1S/C40H48ClN7O4/c1-5-42-36(50)33(39-19-23(2)24(20-39)21-39)47-37(51)40(15-17-52-22-40)25-10-11-28-29(18-25)45-34(44-28)32(46-35(49)30-12-16-43-48(30)4)31(38(3)13-14-38)26-8-6-7-9-27(26)41/h6-12,16,18,23-24,31-33H,5,13-15,17,19-22H2,1-4H3,(H,42,50)(H,44,45)(H,46,49)(H,47,51)/t23?,24?,31-,32-,33-,39?,40?/m0/s1. The first-order valence-corrected chi connectivity index (χ1v) is 19.0. The molecule has 2 bridgehead atoms. The molecule has 0 radical (unpaired) electrons. The number of amides is 3. The number of ether oxygens (including phenoxy) is 1. The quantitative estimate of drug-likeness (QED) is 0.147. The molecular formula is C40H48ClN7O4. The first kappa shape index (κ1) is 34.8. The van der Waals surface area contributed by atoms with Gasteiger partial charge in [0.15, 0.2) is 0 Å². The van der Waals surface area contributed by atoms with Gasteiger partial charge in [-0.25, -0.2) is 4.98 Å². The fraction of sp³-hybridized carbons (Fsp3) is 0.525. The molecule has 274 valence electrons. The minimum absolute atomic E-state index is 0.110. The number of benzene rings is 2. The lowest BCUT2D eigenvalue weighted by Crippen LogP contribution is -2.61. The van der Waals surface area contributed by atoms with Crippen LogP contribution in [-0.4, -0.2) is 63.3 Å². The van der Waals surface area contributed by atoms with Crippen LogP contribution in [0.1, 0.15) is 98.7 Å². The van der Waals surface area contributed by atoms with Crippen molar-refractivity contribution in [1.29, 1.82) is 0 Å². The van der Waals surface area contributed by atoms with E-state index >= 15 is 0 Å². The van der Waals surface area contributed by atoms with E-state index in [1.165, 1.54) is 0 Å². The van der Waals surface area contributed by atoms with E-state index in [0.29, 0.717) is 53.5 Å². The Bertz CT molecular complexity index is 2020. The SMILES string of the molecule is CCNC(=O)[C@H](NC(=O)C1(c2ccc3[nH]c([C@@H](NC(=O)c4ccnn4C)[C@H](c4ccccc4Cl)C4(C)CC4)nc3c2)CCOC1)C12CC(C)C(C1)C2. The fourth-order valence-electron chi connectivity index (χ4n) is 9.64. The number of aryl methyl sites for hydroxylation is 1. The van der Waals surface area contributed by atoms with Crippen molar-refractivity contribution in [2.75, 3.05) is 19.8 Å². The van der Waals surface area contributed by atoms with Crippen LogP contribution in [0.3, 0.4) is 0 Å². The molecule has 11 nitrogen and oxygen atoms in total. The van der Waals surface area contributed by atoms with Gasteiger partial charge in [-0.1, -0.05) is 49.7 Å². The summed E-state index contributed by atoms with van der Waals surface area (Å²) in [5.41, 5.74) is 2.35. The van der Waals surface area contributed by atoms with Gasteiger partial charge >= 0.3 is 0 Å². The average molecular weight is 726 g/mol. The zero-order valence-corrected chi connectivity index (χ0v) is 31.1. The molecule has 5 atom stereocenters. The lowest BCUT2D eigenvalue weighted by molar-refractivity contribution is -0.137. The van der Waals surface area contributed by atoms with Gasteiger partial charge in [0.2, 0.25) is 11.8 Å². The number of fused-ring (bicyclic) bond motifs is 2. The lowest BCUT2D eigenvalue weighted by atomic mass is 9.64. The van der Waals surface area contributed by atoms with Gasteiger partial charge in [0.25, 0.3) is 5.91 Å². The summed E-state index contributed by atoms with van der Waals surface area (Å²) >= 11 is 6.86. The number of halogens is 1. The van der Waals surface area contributed by atoms with Crippen molar-refractivity contribution < 1.29 is 19.1 Å². The summed E-state index contributed by atoms with van der Waals surface area (Å²) in [5.74, 6) is 1.04. The van der Waals surface area contributed by atoms with Gasteiger partial charge in [0, 0.05) is 42.8 Å². The summed E-state index contributed by atoms with van der Waals surface area (Å²) in [5, 5.41) is 14.4. The topological polar surface area (TPSA) is 143 Å². The van der Waals surface area contributed by atoms with Crippen molar-refractivity contribution in [1.82, 2.24) is 35.7 Å². The normalized spacial score (nSPS) is 27.4. The molecule has 1 aliphatic heterocycles. The number of hydrogen-bond donors (Lipinski definition) is 4. The zero-order valence-electron chi connectivity index (χ0n) is 30.3. The summed E-state index contributed by atoms with van der Waals surface area (Å²) in [7, 11) is 1.74. The van der Waals surface area contributed by atoms with E-state index in [4.69, 9.17) is 21.3 Å². The van der Waals surface area contributed by atoms with E-state index in [0.717, 1.165) is 48.7 Å². The van der Waals surface area contributed by atoms with Crippen molar-refractivity contribution >= 4 is 40.4 Å². The molecule has 5 fully saturated rings. The molecule has 12 heteroatoms. The van der Waals surface area contributed by atoms with Crippen molar-refractivity contribution in [3.63, 3.8) is 0 Å². The highest BCUT2D eigenvalue weighted by atomic mass is 35.5. The molecule has 2 aromatic carbocycles. The largest absolute Gasteiger partial charge is 0.380 e. The van der Waals surface area contributed by atoms with Gasteiger partial charge in [-0.15, -0.1) is 0 Å². The molecular weight excluding hydrogens is 678 g/mol. The van der Waals surface area contributed by atoms with Crippen molar-refractivity contribution in [3.8, 4) is 0 Å². The van der Waals surface area contributed by atoms with Crippen LogP contribution in [0.15, 0.2) is 54.7 Å². The van der Waals surface area contributed by atoms with E-state index in [1.807, 2.05) is 49.4 Å². The van der Waals surface area contributed by atoms with Gasteiger partial charge in [0.1, 0.15) is 17.6 Å². The number of aromatic amines is 1. The van der Waals surface area contributed by atoms with Crippen LogP contribution >= 0.6 is 11.6 Å². The van der Waals surface area contributed by atoms with E-state index in [-0.39, 0.29) is 41.1 Å². The van der Waals surface area contributed by atoms with Crippen LogP contribution in [0.4, 0.5) is 0 Å². The van der Waals surface area contributed by atoms with Gasteiger partial charge in [0.05, 0.1) is 29.1 Å². The van der Waals surface area contributed by atoms with Crippen LogP contribution in [0.25, 0.3) is 11.0 Å². The summed E-state index contributed by atoms with van der Waals surface area (Å²) in [6.07, 6.45) is 6.95. The highest BCUT2D eigenvalue weighted by Gasteiger charge is 2.61. The predicted octanol–water partition coefficient (Wildman–Crippen LogP) is 5.72. The number of nitrogens with one attached hydrogen (secondary N) is 4. The van der Waals surface area contributed by atoms with Crippen molar-refractivity contribution in [2.45, 2.75) is 82.7 Å². The monoisotopic (exact) mass is 725 g/mol. The van der Waals surface area contributed by atoms with Crippen LogP contribution in [0.5, 0.6) is 0 Å². The van der Waals surface area contributed by atoms with E-state index in [1.54, 1.807) is 24.0 Å². The van der Waals surface area contributed by atoms with Gasteiger partial charge in [-0.05, 0) is 98.1 Å². The second-order valence-corrected chi connectivity index (χ2v) is 16.6. The van der Waals surface area contributed by atoms with E-state index in [9.17, 15) is 14.4 Å². The Kier molecular flexibility index (Phi) is 8.72. The molecule has 1 saturated heterocycles. The minimum Gasteiger partial charge on any atom is -0.380 e. The van der Waals surface area contributed by atoms with Crippen molar-refractivity contribution in [2.24, 2.45) is 29.7 Å². The second kappa shape index (κ2) is 13.0. The minimum atomic E-state index is -0.975. The van der Waals surface area contributed by atoms with Gasteiger partial charge in [-0.3, -0.25) is 19.1 Å². The molecule has 4 N–H and O–H groups in total. The molecule has 9 rings (SSSR count). The number of carbonyl (C=O) groups is 3. The third-order valence-corrected chi connectivity index (χ3v) is 13.2. The Morgan fingerprint density at radius 1 is 1.08 bits per heavy atom. The first-order valence-electron chi connectivity index (χ1n) is 18.7. The zero-order chi connectivity index (χ0) is 36.4. The lowest BCUT2D eigenvalue weighted by Gasteiger charge is -2.45. The number of hydrogen-bond acceptors (Lipinski definition) is 6. The maximum atomic E-state index is 14.5. The molecule has 4 saturated carbocycles. The number of rotatable bonds is 12. The molecule has 2 unspecified atom stereocenters. The van der Waals surface area contributed by atoms with Crippen LogP contribution < -0.4 is 16.0 Å².